The zero-order chi connectivity index (χ0) is 20.7. The summed E-state index contributed by atoms with van der Waals surface area (Å²) in [5, 5.41) is 11.5. The van der Waals surface area contributed by atoms with Crippen molar-refractivity contribution in [3.8, 4) is 16.2 Å². The number of methoxy groups -OCH3 is 1. The van der Waals surface area contributed by atoms with Crippen LogP contribution in [0.15, 0.2) is 42.9 Å². The summed E-state index contributed by atoms with van der Waals surface area (Å²) in [4.78, 5) is 9.65. The van der Waals surface area contributed by atoms with Crippen molar-refractivity contribution < 1.29 is 9.13 Å². The number of nitrogens with zero attached hydrogens (tertiary/aromatic N) is 6. The van der Waals surface area contributed by atoms with Gasteiger partial charge in [-0.15, -0.1) is 10.2 Å². The Morgan fingerprint density at radius 3 is 2.90 bits per heavy atom. The number of fused-ring (bicyclic) bond motifs is 2. The highest BCUT2D eigenvalue weighted by atomic mass is 32.1. The number of rotatable bonds is 5. The molecule has 8 nitrogen and oxygen atoms in total. The largest absolute Gasteiger partial charge is 0.495 e. The van der Waals surface area contributed by atoms with Crippen LogP contribution in [0.25, 0.3) is 27.1 Å². The van der Waals surface area contributed by atoms with Crippen molar-refractivity contribution in [1.29, 1.82) is 0 Å². The molecule has 30 heavy (non-hydrogen) atoms. The molecule has 5 rings (SSSR count). The highest BCUT2D eigenvalue weighted by molar-refractivity contribution is 7.09. The maximum Gasteiger partial charge on any atom is 0.196 e. The summed E-state index contributed by atoms with van der Waals surface area (Å²) < 4.78 is 25.7. The third kappa shape index (κ3) is 3.20. The van der Waals surface area contributed by atoms with Crippen molar-refractivity contribution in [1.82, 2.24) is 28.9 Å². The fourth-order valence-corrected chi connectivity index (χ4v) is 3.93. The van der Waals surface area contributed by atoms with Gasteiger partial charge in [0, 0.05) is 24.0 Å². The first-order valence-corrected chi connectivity index (χ1v) is 9.89. The Morgan fingerprint density at radius 2 is 2.10 bits per heavy atom. The lowest BCUT2D eigenvalue weighted by Crippen LogP contribution is -2.06. The summed E-state index contributed by atoms with van der Waals surface area (Å²) in [5.41, 5.74) is 4.01. The molecule has 0 aliphatic rings. The topological polar surface area (TPSA) is 90.1 Å². The number of anilines is 1. The van der Waals surface area contributed by atoms with Crippen molar-refractivity contribution in [3.63, 3.8) is 0 Å². The molecule has 0 fully saturated rings. The predicted molar refractivity (Wildman–Crippen MR) is 112 cm³/mol. The second kappa shape index (κ2) is 7.30. The van der Waals surface area contributed by atoms with Gasteiger partial charge in [-0.05, 0) is 36.7 Å². The smallest absolute Gasteiger partial charge is 0.196 e. The molecule has 0 aliphatic heterocycles. The monoisotopic (exact) mass is 421 g/mol. The van der Waals surface area contributed by atoms with Gasteiger partial charge in [-0.25, -0.2) is 9.37 Å². The summed E-state index contributed by atoms with van der Waals surface area (Å²) in [6.45, 7) is 2.24. The van der Waals surface area contributed by atoms with Gasteiger partial charge >= 0.3 is 0 Å². The van der Waals surface area contributed by atoms with Crippen molar-refractivity contribution in [2.24, 2.45) is 0 Å². The second-order valence-corrected chi connectivity index (χ2v) is 7.48. The molecule has 0 atom stereocenters. The summed E-state index contributed by atoms with van der Waals surface area (Å²) in [6.07, 6.45) is 5.16. The van der Waals surface area contributed by atoms with E-state index in [-0.39, 0.29) is 5.65 Å². The molecule has 150 valence electrons. The maximum atomic E-state index is 14.6. The molecule has 1 N–H and O–H groups in total. The van der Waals surface area contributed by atoms with Crippen LogP contribution in [0, 0.1) is 12.7 Å². The Hall–Kier alpha value is -3.66. The van der Waals surface area contributed by atoms with Gasteiger partial charge in [-0.3, -0.25) is 9.38 Å². The minimum atomic E-state index is -0.430. The lowest BCUT2D eigenvalue weighted by molar-refractivity contribution is 0.413. The Labute approximate surface area is 174 Å². The van der Waals surface area contributed by atoms with Gasteiger partial charge in [0.1, 0.15) is 11.3 Å². The third-order valence-electron chi connectivity index (χ3n) is 4.67. The number of aryl methyl sites for hydroxylation is 1. The van der Waals surface area contributed by atoms with E-state index >= 15 is 0 Å². The van der Waals surface area contributed by atoms with Gasteiger partial charge in [-0.2, -0.15) is 4.37 Å². The van der Waals surface area contributed by atoms with Gasteiger partial charge < -0.3 is 10.1 Å². The SMILES string of the molecule is COc1cnc2c(NCc3nnc4c(F)cc(-c5cc(C)ns5)cn34)ccnc2c1. The predicted octanol–water partition coefficient (Wildman–Crippen LogP) is 3.86. The van der Waals surface area contributed by atoms with Crippen LogP contribution in [-0.4, -0.2) is 36.0 Å². The first-order chi connectivity index (χ1) is 14.6. The summed E-state index contributed by atoms with van der Waals surface area (Å²) in [7, 11) is 1.59. The lowest BCUT2D eigenvalue weighted by atomic mass is 10.2. The normalized spacial score (nSPS) is 11.3. The van der Waals surface area contributed by atoms with Crippen molar-refractivity contribution in [3.05, 3.63) is 60.2 Å². The Bertz CT molecular complexity index is 1380. The van der Waals surface area contributed by atoms with Crippen LogP contribution >= 0.6 is 11.5 Å². The van der Waals surface area contributed by atoms with Gasteiger partial charge in [0.2, 0.25) is 0 Å². The van der Waals surface area contributed by atoms with Crippen LogP contribution in [0.3, 0.4) is 0 Å². The molecule has 5 aromatic heterocycles. The molecule has 0 spiro atoms. The lowest BCUT2D eigenvalue weighted by Gasteiger charge is -2.09. The number of halogens is 1. The molecule has 5 aromatic rings. The Balaban J connectivity index is 1.49. The summed E-state index contributed by atoms with van der Waals surface area (Å²) >= 11 is 1.33. The van der Waals surface area contributed by atoms with E-state index in [4.69, 9.17) is 4.74 Å². The van der Waals surface area contributed by atoms with Gasteiger partial charge in [0.05, 0.1) is 41.6 Å². The van der Waals surface area contributed by atoms with Gasteiger partial charge in [-0.1, -0.05) is 0 Å². The van der Waals surface area contributed by atoms with Crippen molar-refractivity contribution in [2.45, 2.75) is 13.5 Å². The van der Waals surface area contributed by atoms with Crippen molar-refractivity contribution >= 4 is 33.9 Å². The molecule has 0 amide bonds. The number of pyridine rings is 3. The van der Waals surface area contributed by atoms with E-state index in [1.54, 1.807) is 23.9 Å². The minimum Gasteiger partial charge on any atom is -0.495 e. The van der Waals surface area contributed by atoms with Crippen LogP contribution in [0.2, 0.25) is 0 Å². The number of hydrogen-bond acceptors (Lipinski definition) is 8. The fourth-order valence-electron chi connectivity index (χ4n) is 3.19. The molecule has 0 aromatic carbocycles. The van der Waals surface area contributed by atoms with Crippen LogP contribution in [0.1, 0.15) is 11.5 Å². The maximum absolute atomic E-state index is 14.6. The van der Waals surface area contributed by atoms with Crippen LogP contribution in [0.4, 0.5) is 10.1 Å². The van der Waals surface area contributed by atoms with E-state index in [1.165, 1.54) is 17.6 Å². The van der Waals surface area contributed by atoms with Gasteiger partial charge in [0.25, 0.3) is 0 Å². The first kappa shape index (κ1) is 18.4. The average Bonchev–Trinajstić information content (AvgIpc) is 3.38. The fraction of sp³-hybridized carbons (Fsp3) is 0.150. The number of hydrogen-bond donors (Lipinski definition) is 1. The number of aromatic nitrogens is 6. The standard InChI is InChI=1S/C20H16FN7OS/c1-11-5-17(30-27-11)12-6-14(21)20-26-25-18(28(20)10-12)9-23-15-3-4-22-16-7-13(29-2)8-24-19(15)16/h3-8,10H,9H2,1-2H3,(H,22,23). The molecule has 0 saturated carbocycles. The van der Waals surface area contributed by atoms with E-state index in [0.717, 1.165) is 21.8 Å². The summed E-state index contributed by atoms with van der Waals surface area (Å²) in [5.74, 6) is 0.780. The second-order valence-electron chi connectivity index (χ2n) is 6.67. The zero-order valence-electron chi connectivity index (χ0n) is 16.1. The molecular weight excluding hydrogens is 405 g/mol. The first-order valence-electron chi connectivity index (χ1n) is 9.12. The third-order valence-corrected chi connectivity index (χ3v) is 5.60. The molecule has 0 bridgehead atoms. The highest BCUT2D eigenvalue weighted by Crippen LogP contribution is 2.27. The summed E-state index contributed by atoms with van der Waals surface area (Å²) in [6, 6.07) is 7.04. The van der Waals surface area contributed by atoms with Gasteiger partial charge in [0.15, 0.2) is 17.3 Å². The minimum absolute atomic E-state index is 0.180. The molecule has 0 saturated heterocycles. The van der Waals surface area contributed by atoms with E-state index in [9.17, 15) is 4.39 Å². The zero-order valence-corrected chi connectivity index (χ0v) is 16.9. The Morgan fingerprint density at radius 1 is 1.20 bits per heavy atom. The van der Waals surface area contributed by atoms with E-state index in [1.807, 2.05) is 31.3 Å². The number of nitrogens with one attached hydrogen (secondary N) is 1. The van der Waals surface area contributed by atoms with Crippen molar-refractivity contribution in [2.75, 3.05) is 12.4 Å². The molecule has 5 heterocycles. The molecule has 0 aliphatic carbocycles. The van der Waals surface area contributed by atoms with E-state index < -0.39 is 5.82 Å². The van der Waals surface area contributed by atoms with E-state index in [2.05, 4.69) is 29.9 Å². The molecule has 10 heteroatoms. The average molecular weight is 421 g/mol. The number of ether oxygens (including phenoxy) is 1. The Kier molecular flexibility index (Phi) is 4.47. The van der Waals surface area contributed by atoms with E-state index in [0.29, 0.717) is 29.2 Å². The van der Waals surface area contributed by atoms with Crippen LogP contribution < -0.4 is 10.1 Å². The molecule has 0 radical (unpaired) electrons. The molecule has 0 unspecified atom stereocenters. The molecular formula is C20H16FN7OS. The van der Waals surface area contributed by atoms with Crippen LogP contribution in [-0.2, 0) is 6.54 Å². The quantitative estimate of drug-likeness (QED) is 0.461. The van der Waals surface area contributed by atoms with Crippen LogP contribution in [0.5, 0.6) is 5.75 Å². The highest BCUT2D eigenvalue weighted by Gasteiger charge is 2.14.